The van der Waals surface area contributed by atoms with Crippen molar-refractivity contribution in [3.05, 3.63) is 16.0 Å². The van der Waals surface area contributed by atoms with Crippen LogP contribution in [0.2, 0.25) is 0 Å². The van der Waals surface area contributed by atoms with E-state index >= 15 is 0 Å². The topological polar surface area (TPSA) is 95.9 Å². The van der Waals surface area contributed by atoms with Crippen molar-refractivity contribution in [2.75, 3.05) is 31.6 Å². The summed E-state index contributed by atoms with van der Waals surface area (Å²) in [6.45, 7) is 2.19. The highest BCUT2D eigenvalue weighted by Gasteiger charge is 2.50. The van der Waals surface area contributed by atoms with E-state index in [2.05, 4.69) is 5.32 Å². The predicted molar refractivity (Wildman–Crippen MR) is 116 cm³/mol. The zero-order valence-corrected chi connectivity index (χ0v) is 18.5. The maximum absolute atomic E-state index is 13.4. The Kier molecular flexibility index (Phi) is 5.77. The van der Waals surface area contributed by atoms with Crippen LogP contribution in [0.25, 0.3) is 0 Å². The minimum atomic E-state index is -0.857. The van der Waals surface area contributed by atoms with Crippen LogP contribution in [0, 0.1) is 23.7 Å². The first-order chi connectivity index (χ1) is 15.0. The molecule has 31 heavy (non-hydrogen) atoms. The van der Waals surface area contributed by atoms with Gasteiger partial charge in [-0.25, -0.2) is 0 Å². The van der Waals surface area contributed by atoms with Gasteiger partial charge in [-0.2, -0.15) is 0 Å². The van der Waals surface area contributed by atoms with E-state index in [0.717, 1.165) is 56.9 Å². The molecule has 4 fully saturated rings. The third-order valence-electron chi connectivity index (χ3n) is 7.73. The van der Waals surface area contributed by atoms with Crippen LogP contribution in [0.5, 0.6) is 0 Å². The number of aryl methyl sites for hydroxylation is 1. The number of aliphatic carboxylic acids is 1. The van der Waals surface area contributed by atoms with Crippen molar-refractivity contribution in [3.63, 3.8) is 0 Å². The minimum absolute atomic E-state index is 0.0297. The van der Waals surface area contributed by atoms with E-state index in [1.54, 1.807) is 0 Å². The molecular formula is C23H30N2O5S. The summed E-state index contributed by atoms with van der Waals surface area (Å²) in [7, 11) is 0. The van der Waals surface area contributed by atoms with Crippen molar-refractivity contribution in [3.8, 4) is 0 Å². The number of thiophene rings is 1. The lowest BCUT2D eigenvalue weighted by molar-refractivity contribution is -0.156. The first-order valence-electron chi connectivity index (χ1n) is 11.6. The monoisotopic (exact) mass is 446 g/mol. The molecule has 0 unspecified atom stereocenters. The van der Waals surface area contributed by atoms with E-state index in [4.69, 9.17) is 4.74 Å². The van der Waals surface area contributed by atoms with Gasteiger partial charge in [0, 0.05) is 18.0 Å². The standard InChI is InChI=1S/C23H30N2O5S/c26-20(17-13-5-7-14(8-6-13)18(17)23(28)29)24-21-19(15-3-1-2-4-16(15)31-21)22(27)25-9-11-30-12-10-25/h13-14,17-18H,1-12H2,(H,24,26)(H,28,29)/t13?,14?,17-,18-/m0/s1. The summed E-state index contributed by atoms with van der Waals surface area (Å²) < 4.78 is 5.40. The number of hydrogen-bond acceptors (Lipinski definition) is 5. The van der Waals surface area contributed by atoms with Gasteiger partial charge in [-0.15, -0.1) is 11.3 Å². The fourth-order valence-corrected chi connectivity index (χ4v) is 7.47. The molecule has 7 nitrogen and oxygen atoms in total. The van der Waals surface area contributed by atoms with Gasteiger partial charge in [0.1, 0.15) is 5.00 Å². The second-order valence-electron chi connectivity index (χ2n) is 9.37. The highest BCUT2D eigenvalue weighted by Crippen LogP contribution is 2.50. The average molecular weight is 447 g/mol. The Morgan fingerprint density at radius 2 is 1.61 bits per heavy atom. The zero-order chi connectivity index (χ0) is 21.5. The molecule has 5 aliphatic rings. The number of nitrogens with zero attached hydrogens (tertiary/aromatic N) is 1. The molecule has 4 aliphatic carbocycles. The Hall–Kier alpha value is -1.93. The Morgan fingerprint density at radius 1 is 0.968 bits per heavy atom. The second-order valence-corrected chi connectivity index (χ2v) is 10.5. The summed E-state index contributed by atoms with van der Waals surface area (Å²) >= 11 is 1.52. The van der Waals surface area contributed by atoms with Gasteiger partial charge in [-0.3, -0.25) is 14.4 Å². The van der Waals surface area contributed by atoms with Crippen LogP contribution in [0.3, 0.4) is 0 Å². The fourth-order valence-electron chi connectivity index (χ4n) is 6.18. The van der Waals surface area contributed by atoms with Crippen molar-refractivity contribution >= 4 is 34.1 Å². The van der Waals surface area contributed by atoms with Gasteiger partial charge in [-0.05, 0) is 68.8 Å². The lowest BCUT2D eigenvalue weighted by Crippen LogP contribution is -2.49. The summed E-state index contributed by atoms with van der Waals surface area (Å²) in [5.74, 6) is -2.00. The predicted octanol–water partition coefficient (Wildman–Crippen LogP) is 3.17. The Labute approximate surface area is 186 Å². The van der Waals surface area contributed by atoms with E-state index in [1.807, 2.05) is 4.90 Å². The number of carboxylic acid groups (broad SMARTS) is 1. The Bertz CT molecular complexity index is 883. The minimum Gasteiger partial charge on any atom is -0.481 e. The van der Waals surface area contributed by atoms with E-state index in [1.165, 1.54) is 16.2 Å². The summed E-state index contributed by atoms with van der Waals surface area (Å²) in [5.41, 5.74) is 1.73. The van der Waals surface area contributed by atoms with Crippen molar-refractivity contribution < 1.29 is 24.2 Å². The number of rotatable bonds is 4. The fraction of sp³-hybridized carbons (Fsp3) is 0.696. The number of anilines is 1. The van der Waals surface area contributed by atoms with Crippen LogP contribution in [0.1, 0.15) is 59.3 Å². The maximum atomic E-state index is 13.4. The van der Waals surface area contributed by atoms with E-state index < -0.39 is 17.8 Å². The molecule has 168 valence electrons. The molecule has 2 bridgehead atoms. The van der Waals surface area contributed by atoms with Crippen LogP contribution in [-0.4, -0.2) is 54.1 Å². The highest BCUT2D eigenvalue weighted by molar-refractivity contribution is 7.17. The van der Waals surface area contributed by atoms with E-state index in [-0.39, 0.29) is 23.7 Å². The van der Waals surface area contributed by atoms with Gasteiger partial charge in [0.05, 0.1) is 30.6 Å². The van der Waals surface area contributed by atoms with Crippen LogP contribution < -0.4 is 5.32 Å². The molecule has 2 atom stereocenters. The summed E-state index contributed by atoms with van der Waals surface area (Å²) in [6.07, 6.45) is 7.59. The van der Waals surface area contributed by atoms with Crippen LogP contribution >= 0.6 is 11.3 Å². The van der Waals surface area contributed by atoms with Crippen LogP contribution in [-0.2, 0) is 27.2 Å². The second kappa shape index (κ2) is 8.54. The van der Waals surface area contributed by atoms with Gasteiger partial charge in [0.2, 0.25) is 5.91 Å². The van der Waals surface area contributed by atoms with Gasteiger partial charge < -0.3 is 20.1 Å². The molecule has 1 saturated heterocycles. The zero-order valence-electron chi connectivity index (χ0n) is 17.7. The van der Waals surface area contributed by atoms with Crippen molar-refractivity contribution in [1.82, 2.24) is 4.90 Å². The number of fused-ring (bicyclic) bond motifs is 4. The van der Waals surface area contributed by atoms with Crippen molar-refractivity contribution in [2.24, 2.45) is 23.7 Å². The number of carbonyl (C=O) groups is 3. The number of nitrogens with one attached hydrogen (secondary N) is 1. The number of amides is 2. The molecular weight excluding hydrogens is 416 g/mol. The normalized spacial score (nSPS) is 30.0. The van der Waals surface area contributed by atoms with E-state index in [0.29, 0.717) is 36.9 Å². The highest BCUT2D eigenvalue weighted by atomic mass is 32.1. The molecule has 1 aliphatic heterocycles. The average Bonchev–Trinajstić information content (AvgIpc) is 3.16. The molecule has 2 heterocycles. The molecule has 2 N–H and O–H groups in total. The number of morpholine rings is 1. The molecule has 8 heteroatoms. The van der Waals surface area contributed by atoms with Crippen LogP contribution in [0.4, 0.5) is 5.00 Å². The van der Waals surface area contributed by atoms with Crippen molar-refractivity contribution in [2.45, 2.75) is 51.4 Å². The van der Waals surface area contributed by atoms with Gasteiger partial charge in [-0.1, -0.05) is 0 Å². The van der Waals surface area contributed by atoms with E-state index in [9.17, 15) is 19.5 Å². The SMILES string of the molecule is O=C(O)[C@H]1C2CCC(CC2)[C@@H]1C(=O)Nc1sc2c(c1C(=O)N1CCOCC1)CCCC2. The summed E-state index contributed by atoms with van der Waals surface area (Å²) in [5, 5.41) is 13.5. The van der Waals surface area contributed by atoms with Gasteiger partial charge in [0.15, 0.2) is 0 Å². The first-order valence-corrected chi connectivity index (χ1v) is 12.4. The maximum Gasteiger partial charge on any atom is 0.307 e. The molecule has 6 rings (SSSR count). The Morgan fingerprint density at radius 3 is 2.29 bits per heavy atom. The van der Waals surface area contributed by atoms with Gasteiger partial charge >= 0.3 is 5.97 Å². The Balaban J connectivity index is 1.44. The largest absolute Gasteiger partial charge is 0.481 e. The van der Waals surface area contributed by atoms with Gasteiger partial charge in [0.25, 0.3) is 5.91 Å². The third-order valence-corrected chi connectivity index (χ3v) is 8.93. The molecule has 0 spiro atoms. The third kappa shape index (κ3) is 3.78. The number of carbonyl (C=O) groups excluding carboxylic acids is 2. The number of hydrogen-bond donors (Lipinski definition) is 2. The first kappa shape index (κ1) is 20.9. The smallest absolute Gasteiger partial charge is 0.307 e. The molecule has 1 aromatic heterocycles. The summed E-state index contributed by atoms with van der Waals surface area (Å²) in [6, 6.07) is 0. The lowest BCUT2D eigenvalue weighted by atomic mass is 9.58. The quantitative estimate of drug-likeness (QED) is 0.741. The molecule has 2 amide bonds. The molecule has 3 saturated carbocycles. The lowest BCUT2D eigenvalue weighted by Gasteiger charge is -2.45. The molecule has 0 radical (unpaired) electrons. The van der Waals surface area contributed by atoms with Crippen molar-refractivity contribution in [1.29, 1.82) is 0 Å². The molecule has 1 aromatic rings. The molecule has 0 aromatic carbocycles. The van der Waals surface area contributed by atoms with Crippen LogP contribution in [0.15, 0.2) is 0 Å². The number of ether oxygens (including phenoxy) is 1. The summed E-state index contributed by atoms with van der Waals surface area (Å²) in [4.78, 5) is 41.9. The number of carboxylic acids is 1.